The van der Waals surface area contributed by atoms with Gasteiger partial charge in [-0.1, -0.05) is 13.0 Å². The van der Waals surface area contributed by atoms with Crippen LogP contribution >= 0.6 is 0 Å². The SMILES string of the molecule is CCC(C)NCc1ccc(OC)c(OCCCC#N)c1. The highest BCUT2D eigenvalue weighted by Gasteiger charge is 2.06. The molecule has 0 aliphatic carbocycles. The topological polar surface area (TPSA) is 54.3 Å². The Morgan fingerprint density at radius 2 is 2.15 bits per heavy atom. The molecule has 110 valence electrons. The standard InChI is InChI=1S/C16H24N2O2/c1-4-13(2)18-12-14-7-8-15(19-3)16(11-14)20-10-6-5-9-17/h7-8,11,13,18H,4-6,10,12H2,1-3H3. The number of benzene rings is 1. The lowest BCUT2D eigenvalue weighted by atomic mass is 10.1. The largest absolute Gasteiger partial charge is 0.493 e. The number of unbranched alkanes of at least 4 members (excludes halogenated alkanes) is 1. The van der Waals surface area contributed by atoms with E-state index in [1.165, 1.54) is 5.56 Å². The van der Waals surface area contributed by atoms with Crippen LogP contribution in [0.15, 0.2) is 18.2 Å². The minimum atomic E-state index is 0.497. The van der Waals surface area contributed by atoms with Crippen LogP contribution in [0.5, 0.6) is 11.5 Å². The first-order valence-corrected chi connectivity index (χ1v) is 7.11. The molecule has 0 aromatic heterocycles. The monoisotopic (exact) mass is 276 g/mol. The van der Waals surface area contributed by atoms with Crippen LogP contribution in [0.1, 0.15) is 38.7 Å². The van der Waals surface area contributed by atoms with Crippen LogP contribution in [0, 0.1) is 11.3 Å². The van der Waals surface area contributed by atoms with Crippen LogP contribution in [0.4, 0.5) is 0 Å². The average Bonchev–Trinajstić information content (AvgIpc) is 2.49. The highest BCUT2D eigenvalue weighted by Crippen LogP contribution is 2.28. The van der Waals surface area contributed by atoms with E-state index < -0.39 is 0 Å². The molecule has 20 heavy (non-hydrogen) atoms. The van der Waals surface area contributed by atoms with Gasteiger partial charge in [-0.2, -0.15) is 5.26 Å². The van der Waals surface area contributed by atoms with E-state index in [2.05, 4.69) is 25.2 Å². The third-order valence-electron chi connectivity index (χ3n) is 3.19. The van der Waals surface area contributed by atoms with Crippen LogP contribution < -0.4 is 14.8 Å². The first-order valence-electron chi connectivity index (χ1n) is 7.11. The van der Waals surface area contributed by atoms with E-state index in [0.717, 1.165) is 30.9 Å². The van der Waals surface area contributed by atoms with Gasteiger partial charge in [0.1, 0.15) is 0 Å². The smallest absolute Gasteiger partial charge is 0.161 e. The number of nitriles is 1. The van der Waals surface area contributed by atoms with Crippen molar-refractivity contribution >= 4 is 0 Å². The van der Waals surface area contributed by atoms with Crippen LogP contribution in [0.25, 0.3) is 0 Å². The van der Waals surface area contributed by atoms with Gasteiger partial charge in [0.2, 0.25) is 0 Å². The molecule has 0 bridgehead atoms. The Morgan fingerprint density at radius 1 is 1.35 bits per heavy atom. The summed E-state index contributed by atoms with van der Waals surface area (Å²) in [6.45, 7) is 5.68. The Morgan fingerprint density at radius 3 is 2.80 bits per heavy atom. The summed E-state index contributed by atoms with van der Waals surface area (Å²) in [5.41, 5.74) is 1.17. The summed E-state index contributed by atoms with van der Waals surface area (Å²) in [6.07, 6.45) is 2.35. The van der Waals surface area contributed by atoms with Crippen molar-refractivity contribution < 1.29 is 9.47 Å². The summed E-state index contributed by atoms with van der Waals surface area (Å²) in [5, 5.41) is 12.0. The Labute approximate surface area is 121 Å². The number of ether oxygens (including phenoxy) is 2. The predicted octanol–water partition coefficient (Wildman–Crippen LogP) is 3.27. The van der Waals surface area contributed by atoms with Gasteiger partial charge in [-0.05, 0) is 37.5 Å². The molecule has 4 nitrogen and oxygen atoms in total. The molecule has 1 rings (SSSR count). The van der Waals surface area contributed by atoms with Gasteiger partial charge < -0.3 is 14.8 Å². The zero-order chi connectivity index (χ0) is 14.8. The lowest BCUT2D eigenvalue weighted by molar-refractivity contribution is 0.290. The van der Waals surface area contributed by atoms with Crippen LogP contribution in [0.2, 0.25) is 0 Å². The minimum Gasteiger partial charge on any atom is -0.493 e. The number of hydrogen-bond acceptors (Lipinski definition) is 4. The molecule has 0 saturated carbocycles. The second-order valence-electron chi connectivity index (χ2n) is 4.79. The van der Waals surface area contributed by atoms with Crippen molar-refractivity contribution in [3.63, 3.8) is 0 Å². The van der Waals surface area contributed by atoms with Gasteiger partial charge in [0, 0.05) is 19.0 Å². The molecule has 0 amide bonds. The second-order valence-corrected chi connectivity index (χ2v) is 4.79. The predicted molar refractivity (Wildman–Crippen MR) is 79.9 cm³/mol. The van der Waals surface area contributed by atoms with Crippen molar-refractivity contribution in [3.8, 4) is 17.6 Å². The maximum Gasteiger partial charge on any atom is 0.161 e. The number of hydrogen-bond donors (Lipinski definition) is 1. The maximum atomic E-state index is 8.52. The zero-order valence-electron chi connectivity index (χ0n) is 12.6. The van der Waals surface area contributed by atoms with Gasteiger partial charge in [0.15, 0.2) is 11.5 Å². The molecule has 0 spiro atoms. The summed E-state index contributed by atoms with van der Waals surface area (Å²) in [6, 6.07) is 8.57. The quantitative estimate of drug-likeness (QED) is 0.703. The average molecular weight is 276 g/mol. The molecular weight excluding hydrogens is 252 g/mol. The fraction of sp³-hybridized carbons (Fsp3) is 0.562. The van der Waals surface area contributed by atoms with Crippen molar-refractivity contribution in [3.05, 3.63) is 23.8 Å². The minimum absolute atomic E-state index is 0.497. The Bertz CT molecular complexity index is 441. The molecule has 4 heteroatoms. The molecule has 1 aromatic rings. The summed E-state index contributed by atoms with van der Waals surface area (Å²) >= 11 is 0. The van der Waals surface area contributed by atoms with Crippen molar-refractivity contribution in [2.75, 3.05) is 13.7 Å². The molecule has 0 fully saturated rings. The first-order chi connectivity index (χ1) is 9.71. The van der Waals surface area contributed by atoms with E-state index in [1.54, 1.807) is 7.11 Å². The molecule has 0 heterocycles. The van der Waals surface area contributed by atoms with Crippen molar-refractivity contribution in [1.29, 1.82) is 5.26 Å². The van der Waals surface area contributed by atoms with E-state index in [9.17, 15) is 0 Å². The molecule has 0 saturated heterocycles. The molecule has 0 aliphatic rings. The lowest BCUT2D eigenvalue weighted by Crippen LogP contribution is -2.24. The number of nitrogens with zero attached hydrogens (tertiary/aromatic N) is 1. The fourth-order valence-electron chi connectivity index (χ4n) is 1.71. The zero-order valence-corrected chi connectivity index (χ0v) is 12.6. The van der Waals surface area contributed by atoms with E-state index >= 15 is 0 Å². The highest BCUT2D eigenvalue weighted by atomic mass is 16.5. The molecule has 1 N–H and O–H groups in total. The summed E-state index contributed by atoms with van der Waals surface area (Å²) < 4.78 is 11.0. The van der Waals surface area contributed by atoms with E-state index in [-0.39, 0.29) is 0 Å². The fourth-order valence-corrected chi connectivity index (χ4v) is 1.71. The first kappa shape index (κ1) is 16.3. The summed E-state index contributed by atoms with van der Waals surface area (Å²) in [7, 11) is 1.63. The van der Waals surface area contributed by atoms with Gasteiger partial charge in [-0.3, -0.25) is 0 Å². The van der Waals surface area contributed by atoms with E-state index in [4.69, 9.17) is 14.7 Å². The van der Waals surface area contributed by atoms with Gasteiger partial charge >= 0.3 is 0 Å². The summed E-state index contributed by atoms with van der Waals surface area (Å²) in [5.74, 6) is 1.48. The number of methoxy groups -OCH3 is 1. The van der Waals surface area contributed by atoms with Gasteiger partial charge in [-0.15, -0.1) is 0 Å². The maximum absolute atomic E-state index is 8.52. The van der Waals surface area contributed by atoms with Crippen molar-refractivity contribution in [2.45, 2.75) is 45.7 Å². The third-order valence-corrected chi connectivity index (χ3v) is 3.19. The molecular formula is C16H24N2O2. The Balaban J connectivity index is 2.63. The van der Waals surface area contributed by atoms with Crippen LogP contribution in [-0.4, -0.2) is 19.8 Å². The Kier molecular flexibility index (Phi) is 7.52. The second kappa shape index (κ2) is 9.22. The molecule has 1 unspecified atom stereocenters. The Hall–Kier alpha value is -1.73. The van der Waals surface area contributed by atoms with Crippen molar-refractivity contribution in [2.24, 2.45) is 0 Å². The van der Waals surface area contributed by atoms with E-state index in [1.807, 2.05) is 18.2 Å². The normalized spacial score (nSPS) is 11.7. The molecule has 1 atom stereocenters. The van der Waals surface area contributed by atoms with E-state index in [0.29, 0.717) is 19.1 Å². The highest BCUT2D eigenvalue weighted by molar-refractivity contribution is 5.42. The number of nitrogens with one attached hydrogen (secondary N) is 1. The molecule has 0 radical (unpaired) electrons. The number of rotatable bonds is 9. The van der Waals surface area contributed by atoms with Crippen LogP contribution in [0.3, 0.4) is 0 Å². The van der Waals surface area contributed by atoms with Gasteiger partial charge in [-0.25, -0.2) is 0 Å². The van der Waals surface area contributed by atoms with Crippen LogP contribution in [-0.2, 0) is 6.54 Å². The van der Waals surface area contributed by atoms with Gasteiger partial charge in [0.05, 0.1) is 19.8 Å². The van der Waals surface area contributed by atoms with Gasteiger partial charge in [0.25, 0.3) is 0 Å². The van der Waals surface area contributed by atoms with Crippen molar-refractivity contribution in [1.82, 2.24) is 5.32 Å². The lowest BCUT2D eigenvalue weighted by Gasteiger charge is -2.14. The molecule has 1 aromatic carbocycles. The third kappa shape index (κ3) is 5.50. The summed E-state index contributed by atoms with van der Waals surface area (Å²) in [4.78, 5) is 0. The molecule has 0 aliphatic heterocycles.